The lowest BCUT2D eigenvalue weighted by atomic mass is 10.1. The van der Waals surface area contributed by atoms with Crippen LogP contribution < -0.4 is 10.2 Å². The molecule has 0 radical (unpaired) electrons. The smallest absolute Gasteiger partial charge is 0.223 e. The summed E-state index contributed by atoms with van der Waals surface area (Å²) in [5.41, 5.74) is 3.89. The van der Waals surface area contributed by atoms with Crippen molar-refractivity contribution in [3.05, 3.63) is 63.1 Å². The Balaban J connectivity index is 2.04. The molecule has 0 aliphatic heterocycles. The monoisotopic (exact) mass is 333 g/mol. The van der Waals surface area contributed by atoms with Gasteiger partial charge in [0.15, 0.2) is 5.75 Å². The van der Waals surface area contributed by atoms with Gasteiger partial charge in [-0.2, -0.15) is 0 Å². The SMILES string of the molecule is CCCOc1c[nH]c(CS(=O)Cc2cc(C)ccc2C)cc1=O. The van der Waals surface area contributed by atoms with Gasteiger partial charge in [0.25, 0.3) is 0 Å². The first-order valence-corrected chi connectivity index (χ1v) is 9.24. The highest BCUT2D eigenvalue weighted by molar-refractivity contribution is 7.83. The maximum Gasteiger partial charge on any atom is 0.223 e. The van der Waals surface area contributed by atoms with Crippen LogP contribution in [0.5, 0.6) is 5.75 Å². The molecule has 0 spiro atoms. The van der Waals surface area contributed by atoms with Crippen molar-refractivity contribution in [2.45, 2.75) is 38.7 Å². The summed E-state index contributed by atoms with van der Waals surface area (Å²) in [6.45, 7) is 6.55. The maximum atomic E-state index is 12.4. The van der Waals surface area contributed by atoms with Crippen molar-refractivity contribution in [3.8, 4) is 5.75 Å². The number of aromatic amines is 1. The van der Waals surface area contributed by atoms with Gasteiger partial charge in [0.1, 0.15) is 0 Å². The summed E-state index contributed by atoms with van der Waals surface area (Å²) in [6, 6.07) is 7.64. The molecule has 0 saturated carbocycles. The number of rotatable bonds is 7. The number of hydrogen-bond donors (Lipinski definition) is 1. The number of ether oxygens (including phenoxy) is 1. The van der Waals surface area contributed by atoms with E-state index in [-0.39, 0.29) is 5.43 Å². The van der Waals surface area contributed by atoms with Gasteiger partial charge >= 0.3 is 0 Å². The number of benzene rings is 1. The molecule has 0 amide bonds. The van der Waals surface area contributed by atoms with Gasteiger partial charge in [0, 0.05) is 34.5 Å². The average molecular weight is 333 g/mol. The molecule has 1 aromatic heterocycles. The lowest BCUT2D eigenvalue weighted by Crippen LogP contribution is -2.11. The van der Waals surface area contributed by atoms with E-state index < -0.39 is 10.8 Å². The van der Waals surface area contributed by atoms with Crippen LogP contribution in [0.2, 0.25) is 0 Å². The highest BCUT2D eigenvalue weighted by Gasteiger charge is 2.09. The Bertz CT molecular complexity index is 752. The van der Waals surface area contributed by atoms with Gasteiger partial charge < -0.3 is 9.72 Å². The molecule has 2 rings (SSSR count). The van der Waals surface area contributed by atoms with Gasteiger partial charge in [-0.25, -0.2) is 0 Å². The third-order valence-corrected chi connectivity index (χ3v) is 4.80. The quantitative estimate of drug-likeness (QED) is 0.846. The van der Waals surface area contributed by atoms with Crippen LogP contribution in [0.15, 0.2) is 35.3 Å². The second-order valence-corrected chi connectivity index (χ2v) is 7.15. The fourth-order valence-electron chi connectivity index (χ4n) is 2.26. The van der Waals surface area contributed by atoms with Crippen LogP contribution in [0, 0.1) is 13.8 Å². The van der Waals surface area contributed by atoms with Crippen LogP contribution in [-0.4, -0.2) is 15.8 Å². The molecular weight excluding hydrogens is 310 g/mol. The van der Waals surface area contributed by atoms with Crippen molar-refractivity contribution in [2.75, 3.05) is 6.61 Å². The van der Waals surface area contributed by atoms with Crippen LogP contribution in [0.3, 0.4) is 0 Å². The minimum absolute atomic E-state index is 0.170. The van der Waals surface area contributed by atoms with E-state index in [1.165, 1.54) is 6.07 Å². The highest BCUT2D eigenvalue weighted by atomic mass is 32.2. The first-order valence-electron chi connectivity index (χ1n) is 7.75. The van der Waals surface area contributed by atoms with E-state index >= 15 is 0 Å². The predicted octanol–water partition coefficient (Wildman–Crippen LogP) is 3.23. The van der Waals surface area contributed by atoms with E-state index in [1.807, 2.05) is 32.9 Å². The molecule has 0 bridgehead atoms. The second kappa shape index (κ2) is 8.11. The molecule has 1 heterocycles. The second-order valence-electron chi connectivity index (χ2n) is 5.69. The lowest BCUT2D eigenvalue weighted by Gasteiger charge is -2.08. The number of aromatic nitrogens is 1. The van der Waals surface area contributed by atoms with Crippen molar-refractivity contribution >= 4 is 10.8 Å². The molecule has 23 heavy (non-hydrogen) atoms. The van der Waals surface area contributed by atoms with Gasteiger partial charge in [0.2, 0.25) is 5.43 Å². The van der Waals surface area contributed by atoms with Crippen LogP contribution >= 0.6 is 0 Å². The van der Waals surface area contributed by atoms with Crippen molar-refractivity contribution in [1.29, 1.82) is 0 Å². The molecule has 1 unspecified atom stereocenters. The number of H-pyrrole nitrogens is 1. The summed E-state index contributed by atoms with van der Waals surface area (Å²) in [6.07, 6.45) is 2.41. The Labute approximate surface area is 139 Å². The lowest BCUT2D eigenvalue weighted by molar-refractivity contribution is 0.313. The zero-order chi connectivity index (χ0) is 16.8. The normalized spacial score (nSPS) is 12.1. The fourth-order valence-corrected chi connectivity index (χ4v) is 3.54. The predicted molar refractivity (Wildman–Crippen MR) is 94.3 cm³/mol. The highest BCUT2D eigenvalue weighted by Crippen LogP contribution is 2.14. The number of nitrogens with one attached hydrogen (secondary N) is 1. The molecule has 1 N–H and O–H groups in total. The van der Waals surface area contributed by atoms with E-state index in [9.17, 15) is 9.00 Å². The third-order valence-electron chi connectivity index (χ3n) is 3.54. The number of aryl methyl sites for hydroxylation is 2. The Hall–Kier alpha value is -1.88. The van der Waals surface area contributed by atoms with Crippen LogP contribution in [0.4, 0.5) is 0 Å². The fraction of sp³-hybridized carbons (Fsp3) is 0.389. The molecule has 1 atom stereocenters. The Morgan fingerprint density at radius 2 is 1.96 bits per heavy atom. The molecular formula is C18H23NO3S. The molecule has 0 saturated heterocycles. The van der Waals surface area contributed by atoms with Crippen LogP contribution in [0.25, 0.3) is 0 Å². The summed E-state index contributed by atoms with van der Waals surface area (Å²) in [4.78, 5) is 15.0. The molecule has 2 aromatic rings. The first-order chi connectivity index (χ1) is 11.0. The summed E-state index contributed by atoms with van der Waals surface area (Å²) in [5.74, 6) is 1.14. The summed E-state index contributed by atoms with van der Waals surface area (Å²) < 4.78 is 17.7. The van der Waals surface area contributed by atoms with Crippen molar-refractivity contribution in [1.82, 2.24) is 4.98 Å². The molecule has 1 aromatic carbocycles. The van der Waals surface area contributed by atoms with Gasteiger partial charge in [-0.3, -0.25) is 9.00 Å². The van der Waals surface area contributed by atoms with Crippen molar-refractivity contribution < 1.29 is 8.95 Å². The van der Waals surface area contributed by atoms with E-state index in [4.69, 9.17) is 4.74 Å². The van der Waals surface area contributed by atoms with Gasteiger partial charge in [-0.1, -0.05) is 30.7 Å². The molecule has 0 fully saturated rings. The molecule has 124 valence electrons. The van der Waals surface area contributed by atoms with Gasteiger partial charge in [0.05, 0.1) is 12.4 Å². The first kappa shape index (κ1) is 17.5. The van der Waals surface area contributed by atoms with Crippen molar-refractivity contribution in [3.63, 3.8) is 0 Å². The summed E-state index contributed by atoms with van der Waals surface area (Å²) >= 11 is 0. The summed E-state index contributed by atoms with van der Waals surface area (Å²) in [5, 5.41) is 0. The minimum Gasteiger partial charge on any atom is -0.488 e. The van der Waals surface area contributed by atoms with Crippen LogP contribution in [0.1, 0.15) is 35.7 Å². The van der Waals surface area contributed by atoms with E-state index in [0.717, 1.165) is 23.1 Å². The number of hydrogen-bond acceptors (Lipinski definition) is 3. The van der Waals surface area contributed by atoms with Crippen LogP contribution in [-0.2, 0) is 22.3 Å². The summed E-state index contributed by atoms with van der Waals surface area (Å²) in [7, 11) is -1.07. The Kier molecular flexibility index (Phi) is 6.16. The molecule has 5 heteroatoms. The number of pyridine rings is 1. The van der Waals surface area contributed by atoms with Crippen molar-refractivity contribution in [2.24, 2.45) is 0 Å². The topological polar surface area (TPSA) is 59.2 Å². The van der Waals surface area contributed by atoms with Gasteiger partial charge in [-0.05, 0) is 31.4 Å². The average Bonchev–Trinajstić information content (AvgIpc) is 2.50. The van der Waals surface area contributed by atoms with E-state index in [1.54, 1.807) is 6.20 Å². The standard InChI is InChI=1S/C18H23NO3S/c1-4-7-22-18-10-19-16(9-17(18)20)12-23(21)11-15-8-13(2)5-6-14(15)3/h5-6,8-10H,4,7,11-12H2,1-3H3,(H,19,20). The minimum atomic E-state index is -1.07. The largest absolute Gasteiger partial charge is 0.488 e. The Morgan fingerprint density at radius 3 is 2.65 bits per heavy atom. The van der Waals surface area contributed by atoms with E-state index in [2.05, 4.69) is 11.1 Å². The molecule has 0 aliphatic carbocycles. The third kappa shape index (κ3) is 5.06. The molecule has 4 nitrogen and oxygen atoms in total. The van der Waals surface area contributed by atoms with Gasteiger partial charge in [-0.15, -0.1) is 0 Å². The molecule has 0 aliphatic rings. The maximum absolute atomic E-state index is 12.4. The zero-order valence-corrected chi connectivity index (χ0v) is 14.7. The van der Waals surface area contributed by atoms with E-state index in [0.29, 0.717) is 29.6 Å². The zero-order valence-electron chi connectivity index (χ0n) is 13.8. The Morgan fingerprint density at radius 1 is 1.17 bits per heavy atom.